The first-order valence-electron chi connectivity index (χ1n) is 13.5. The van der Waals surface area contributed by atoms with Gasteiger partial charge in [-0.2, -0.15) is 0 Å². The van der Waals surface area contributed by atoms with E-state index < -0.39 is 62.4 Å². The monoisotopic (exact) mass is 596 g/mol. The molecule has 2 fully saturated rings. The van der Waals surface area contributed by atoms with E-state index in [0.717, 1.165) is 6.42 Å². The Morgan fingerprint density at radius 3 is 1.71 bits per heavy atom. The molecule has 2 saturated heterocycles. The second-order valence-electron chi connectivity index (χ2n) is 9.72. The molecule has 2 aliphatic heterocycles. The molecule has 0 bridgehead atoms. The molecule has 1 aromatic carbocycles. The molecule has 1 aliphatic carbocycles. The highest BCUT2D eigenvalue weighted by atomic mass is 16.6. The van der Waals surface area contributed by atoms with Gasteiger partial charge in [0, 0.05) is 0 Å². The zero-order valence-electron chi connectivity index (χ0n) is 22.9. The molecule has 2 heterocycles. The number of benzene rings is 1. The van der Waals surface area contributed by atoms with Crippen molar-refractivity contribution in [1.82, 2.24) is 0 Å². The van der Waals surface area contributed by atoms with Crippen LogP contribution < -0.4 is 0 Å². The molecule has 0 spiro atoms. The van der Waals surface area contributed by atoms with Gasteiger partial charge in [-0.15, -0.1) is 0 Å². The number of esters is 4. The van der Waals surface area contributed by atoms with Crippen molar-refractivity contribution in [1.29, 1.82) is 0 Å². The maximum Gasteiger partial charge on any atom is 0.339 e. The number of hydrogen-bond acceptors (Lipinski definition) is 14. The summed E-state index contributed by atoms with van der Waals surface area (Å²) in [5, 5.41) is 35.6. The van der Waals surface area contributed by atoms with Crippen LogP contribution in [0, 0.1) is 11.8 Å². The zero-order chi connectivity index (χ0) is 30.5. The fourth-order valence-corrected chi connectivity index (χ4v) is 3.67. The van der Waals surface area contributed by atoms with Gasteiger partial charge in [0.15, 0.2) is 0 Å². The summed E-state index contributed by atoms with van der Waals surface area (Å²) in [6.07, 6.45) is 2.70. The molecule has 3 aliphatic rings. The topological polar surface area (TPSA) is 211 Å². The van der Waals surface area contributed by atoms with E-state index in [0.29, 0.717) is 19.6 Å². The van der Waals surface area contributed by atoms with E-state index in [2.05, 4.69) is 0 Å². The largest absolute Gasteiger partial charge is 0.463 e. The molecule has 0 saturated carbocycles. The first-order chi connectivity index (χ1) is 20.2. The smallest absolute Gasteiger partial charge is 0.339 e. The highest BCUT2D eigenvalue weighted by molar-refractivity contribution is 6.03. The van der Waals surface area contributed by atoms with Crippen LogP contribution in [-0.2, 0) is 38.0 Å². The second-order valence-corrected chi connectivity index (χ2v) is 9.72. The van der Waals surface area contributed by atoms with E-state index in [1.54, 1.807) is 6.08 Å². The minimum absolute atomic E-state index is 0.0314. The molecule has 6 unspecified atom stereocenters. The predicted octanol–water partition coefficient (Wildman–Crippen LogP) is -0.841. The summed E-state index contributed by atoms with van der Waals surface area (Å²) in [6.45, 7) is -0.126. The number of ether oxygens (including phenoxy) is 6. The zero-order valence-corrected chi connectivity index (χ0v) is 22.9. The van der Waals surface area contributed by atoms with E-state index in [4.69, 9.17) is 48.8 Å². The van der Waals surface area contributed by atoms with Gasteiger partial charge in [0.2, 0.25) is 0 Å². The van der Waals surface area contributed by atoms with Gasteiger partial charge in [0.05, 0.1) is 49.4 Å². The third-order valence-corrected chi connectivity index (χ3v) is 6.23. The van der Waals surface area contributed by atoms with Crippen LogP contribution in [0.3, 0.4) is 0 Å². The van der Waals surface area contributed by atoms with Crippen LogP contribution >= 0.6 is 0 Å². The third-order valence-electron chi connectivity index (χ3n) is 6.23. The molecule has 42 heavy (non-hydrogen) atoms. The number of carbonyl (C=O) groups is 4. The van der Waals surface area contributed by atoms with Crippen molar-refractivity contribution in [3.63, 3.8) is 0 Å². The van der Waals surface area contributed by atoms with E-state index in [-0.39, 0.29) is 48.5 Å². The summed E-state index contributed by atoms with van der Waals surface area (Å²) >= 11 is 0. The van der Waals surface area contributed by atoms with Crippen LogP contribution in [0.15, 0.2) is 36.4 Å². The highest BCUT2D eigenvalue weighted by Gasteiger charge is 2.37. The molecule has 4 rings (SSSR count). The lowest BCUT2D eigenvalue weighted by atomic mass is 9.84. The Bertz CT molecular complexity index is 1040. The van der Waals surface area contributed by atoms with Crippen LogP contribution in [-0.4, -0.2) is 122 Å². The Hall–Kier alpha value is -3.40. The summed E-state index contributed by atoms with van der Waals surface area (Å²) in [5.74, 6) is -3.43. The van der Waals surface area contributed by atoms with E-state index in [9.17, 15) is 19.2 Å². The fraction of sp³-hybridized carbons (Fsp3) is 0.571. The number of hydrogen-bond donors (Lipinski definition) is 4. The number of rotatable bonds is 14. The summed E-state index contributed by atoms with van der Waals surface area (Å²) < 4.78 is 29.9. The lowest BCUT2D eigenvalue weighted by molar-refractivity contribution is -0.160. The Kier molecular flexibility index (Phi) is 13.3. The lowest BCUT2D eigenvalue weighted by Gasteiger charge is -2.24. The number of allylic oxidation sites excluding steroid dienone is 1. The van der Waals surface area contributed by atoms with Crippen LogP contribution in [0.5, 0.6) is 0 Å². The SMILES string of the molecule is O=C(OCC(O)CO)c1ccccc1C(=O)OCC(O)CO.O=C(OCC1CO1)C1C=CCCC1C(=O)OCC1CO1. The minimum Gasteiger partial charge on any atom is -0.463 e. The average Bonchev–Trinajstić information content (AvgIpc) is 3.96. The van der Waals surface area contributed by atoms with Gasteiger partial charge < -0.3 is 48.8 Å². The first kappa shape index (κ1) is 33.1. The molecule has 14 nitrogen and oxygen atoms in total. The first-order valence-corrected chi connectivity index (χ1v) is 13.5. The normalized spacial score (nSPS) is 23.3. The number of aliphatic hydroxyl groups excluding tert-OH is 4. The third kappa shape index (κ3) is 11.1. The van der Waals surface area contributed by atoms with Crippen LogP contribution in [0.1, 0.15) is 33.6 Å². The molecule has 0 amide bonds. The van der Waals surface area contributed by atoms with Crippen molar-refractivity contribution >= 4 is 23.9 Å². The molecule has 1 aromatic rings. The van der Waals surface area contributed by atoms with Gasteiger partial charge in [-0.25, -0.2) is 9.59 Å². The second kappa shape index (κ2) is 16.9. The van der Waals surface area contributed by atoms with Crippen molar-refractivity contribution < 1.29 is 68.0 Å². The summed E-state index contributed by atoms with van der Waals surface area (Å²) in [7, 11) is 0. The minimum atomic E-state index is -1.21. The summed E-state index contributed by atoms with van der Waals surface area (Å²) in [4.78, 5) is 47.8. The Morgan fingerprint density at radius 1 is 0.786 bits per heavy atom. The van der Waals surface area contributed by atoms with Crippen molar-refractivity contribution in [2.75, 3.05) is 52.9 Å². The van der Waals surface area contributed by atoms with Crippen molar-refractivity contribution in [2.45, 2.75) is 37.3 Å². The molecule has 232 valence electrons. The van der Waals surface area contributed by atoms with Gasteiger partial charge in [0.1, 0.15) is 50.8 Å². The van der Waals surface area contributed by atoms with E-state index in [1.807, 2.05) is 6.08 Å². The molecule has 6 atom stereocenters. The van der Waals surface area contributed by atoms with Gasteiger partial charge in [-0.1, -0.05) is 24.3 Å². The Labute approximate surface area is 241 Å². The van der Waals surface area contributed by atoms with Gasteiger partial charge in [-0.05, 0) is 25.0 Å². The molecule has 0 radical (unpaired) electrons. The van der Waals surface area contributed by atoms with Gasteiger partial charge in [-0.3, -0.25) is 9.59 Å². The van der Waals surface area contributed by atoms with Crippen molar-refractivity contribution in [3.05, 3.63) is 47.5 Å². The van der Waals surface area contributed by atoms with Crippen molar-refractivity contribution in [2.24, 2.45) is 11.8 Å². The number of aliphatic hydroxyl groups is 4. The molecule has 4 N–H and O–H groups in total. The number of carbonyl (C=O) groups excluding carboxylic acids is 4. The maximum absolute atomic E-state index is 12.1. The molecule has 14 heteroatoms. The quantitative estimate of drug-likeness (QED) is 0.0893. The fourth-order valence-electron chi connectivity index (χ4n) is 3.67. The Morgan fingerprint density at radius 2 is 1.26 bits per heavy atom. The Balaban J connectivity index is 0.000000231. The summed E-state index contributed by atoms with van der Waals surface area (Å²) in [6, 6.07) is 5.70. The molecule has 0 aromatic heterocycles. The predicted molar refractivity (Wildman–Crippen MR) is 140 cm³/mol. The number of epoxide rings is 2. The maximum atomic E-state index is 12.1. The molecular weight excluding hydrogens is 560 g/mol. The average molecular weight is 597 g/mol. The van der Waals surface area contributed by atoms with Gasteiger partial charge in [0.25, 0.3) is 0 Å². The standard InChI is InChI=1S/C14H18O8.C14H18O6/c15-5-9(17)7-21-13(19)11-3-1-2-4-12(11)14(20)22-8-10(18)6-16;15-13(19-7-9-5-17-9)11-3-1-2-4-12(11)14(16)20-8-10-6-18-10/h1-4,9-10,15-18H,5-8H2;1,3,9-12H,2,4-8H2. The molecular formula is C28H36O14. The van der Waals surface area contributed by atoms with E-state index >= 15 is 0 Å². The van der Waals surface area contributed by atoms with Crippen molar-refractivity contribution in [3.8, 4) is 0 Å². The lowest BCUT2D eigenvalue weighted by Crippen LogP contribution is -2.34. The van der Waals surface area contributed by atoms with Crippen LogP contribution in [0.4, 0.5) is 0 Å². The van der Waals surface area contributed by atoms with Gasteiger partial charge >= 0.3 is 23.9 Å². The highest BCUT2D eigenvalue weighted by Crippen LogP contribution is 2.28. The van der Waals surface area contributed by atoms with Crippen LogP contribution in [0.25, 0.3) is 0 Å². The van der Waals surface area contributed by atoms with E-state index in [1.165, 1.54) is 24.3 Å². The summed E-state index contributed by atoms with van der Waals surface area (Å²) in [5.41, 5.74) is -0.146. The van der Waals surface area contributed by atoms with Crippen LogP contribution in [0.2, 0.25) is 0 Å².